The van der Waals surface area contributed by atoms with Crippen molar-refractivity contribution in [3.63, 3.8) is 0 Å². The predicted octanol–water partition coefficient (Wildman–Crippen LogP) is 0.816. The molecule has 2 saturated heterocycles. The molecule has 3 heterocycles. The third-order valence-corrected chi connectivity index (χ3v) is 5.09. The summed E-state index contributed by atoms with van der Waals surface area (Å²) in [5.41, 5.74) is 0.766. The molecule has 10 heteroatoms. The molecule has 9 nitrogen and oxygen atoms in total. The number of amides is 3. The Morgan fingerprint density at radius 1 is 1.25 bits per heavy atom. The van der Waals surface area contributed by atoms with Gasteiger partial charge in [0.25, 0.3) is 0 Å². The maximum absolute atomic E-state index is 12.8. The van der Waals surface area contributed by atoms with E-state index in [1.165, 1.54) is 16.1 Å². The van der Waals surface area contributed by atoms with Crippen LogP contribution in [0.3, 0.4) is 0 Å². The standard InChI is InChI=1S/C18H18ClN5O4/c19-11-1-3-13(4-2-11)28-18(27)23-5-6-24-15(9-23)16(25)22-14(17(24)26)7-12-8-20-10-21-12/h1-4,8,10,14-15H,5-7,9H2,(H,20,21)(H,22,25)/t14-,15+/m0/s1. The van der Waals surface area contributed by atoms with Crippen LogP contribution in [0, 0.1) is 0 Å². The summed E-state index contributed by atoms with van der Waals surface area (Å²) in [5.74, 6) is -0.0846. The minimum absolute atomic E-state index is 0.0841. The third kappa shape index (κ3) is 3.65. The number of carbonyl (C=O) groups excluding carboxylic acids is 3. The van der Waals surface area contributed by atoms with Gasteiger partial charge in [-0.05, 0) is 24.3 Å². The number of hydrogen-bond donors (Lipinski definition) is 2. The first-order valence-corrected chi connectivity index (χ1v) is 9.19. The normalized spacial score (nSPS) is 21.9. The Bertz CT molecular complexity index is 886. The quantitative estimate of drug-likeness (QED) is 0.788. The van der Waals surface area contributed by atoms with E-state index in [0.717, 1.165) is 5.69 Å². The Morgan fingerprint density at radius 3 is 2.75 bits per heavy atom. The number of nitrogens with zero attached hydrogens (tertiary/aromatic N) is 3. The fourth-order valence-electron chi connectivity index (χ4n) is 3.39. The fraction of sp³-hybridized carbons (Fsp3) is 0.333. The Balaban J connectivity index is 1.40. The van der Waals surface area contributed by atoms with E-state index in [-0.39, 0.29) is 24.9 Å². The predicted molar refractivity (Wildman–Crippen MR) is 98.8 cm³/mol. The number of halogens is 1. The lowest BCUT2D eigenvalue weighted by Crippen LogP contribution is -2.70. The number of aromatic nitrogens is 2. The summed E-state index contributed by atoms with van der Waals surface area (Å²) in [6.45, 7) is 0.644. The monoisotopic (exact) mass is 403 g/mol. The smallest absolute Gasteiger partial charge is 0.410 e. The second-order valence-corrected chi connectivity index (χ2v) is 7.09. The number of imidazole rings is 1. The van der Waals surface area contributed by atoms with Gasteiger partial charge in [0.05, 0.1) is 12.9 Å². The first-order valence-electron chi connectivity index (χ1n) is 8.81. The molecule has 4 rings (SSSR count). The van der Waals surface area contributed by atoms with Gasteiger partial charge in [0, 0.05) is 36.4 Å². The second-order valence-electron chi connectivity index (χ2n) is 6.66. The summed E-state index contributed by atoms with van der Waals surface area (Å²) in [7, 11) is 0. The molecular weight excluding hydrogens is 386 g/mol. The highest BCUT2D eigenvalue weighted by Gasteiger charge is 2.44. The first-order chi connectivity index (χ1) is 13.5. The molecule has 2 atom stereocenters. The number of hydrogen-bond acceptors (Lipinski definition) is 5. The molecule has 0 saturated carbocycles. The number of H-pyrrole nitrogens is 1. The molecule has 1 aromatic carbocycles. The Hall–Kier alpha value is -3.07. The van der Waals surface area contributed by atoms with Crippen LogP contribution in [0.4, 0.5) is 4.79 Å². The van der Waals surface area contributed by atoms with Gasteiger partial charge in [-0.1, -0.05) is 11.6 Å². The molecule has 28 heavy (non-hydrogen) atoms. The Labute approximate surface area is 165 Å². The number of carbonyl (C=O) groups is 3. The van der Waals surface area contributed by atoms with Gasteiger partial charge in [-0.2, -0.15) is 0 Å². The highest BCUT2D eigenvalue weighted by atomic mass is 35.5. The van der Waals surface area contributed by atoms with Gasteiger partial charge >= 0.3 is 6.09 Å². The van der Waals surface area contributed by atoms with Gasteiger partial charge in [0.1, 0.15) is 17.8 Å². The largest absolute Gasteiger partial charge is 0.415 e. The number of aromatic amines is 1. The van der Waals surface area contributed by atoms with Crippen molar-refractivity contribution in [2.45, 2.75) is 18.5 Å². The average Bonchev–Trinajstić information content (AvgIpc) is 3.20. The van der Waals surface area contributed by atoms with E-state index in [1.54, 1.807) is 30.5 Å². The summed E-state index contributed by atoms with van der Waals surface area (Å²) >= 11 is 5.82. The molecule has 0 aliphatic carbocycles. The van der Waals surface area contributed by atoms with Crippen molar-refractivity contribution < 1.29 is 19.1 Å². The van der Waals surface area contributed by atoms with E-state index >= 15 is 0 Å². The van der Waals surface area contributed by atoms with Crippen LogP contribution < -0.4 is 10.1 Å². The number of rotatable bonds is 3. The van der Waals surface area contributed by atoms with E-state index in [0.29, 0.717) is 23.7 Å². The second kappa shape index (κ2) is 7.51. The van der Waals surface area contributed by atoms with Crippen LogP contribution in [0.2, 0.25) is 5.02 Å². The lowest BCUT2D eigenvalue weighted by atomic mass is 10.0. The van der Waals surface area contributed by atoms with Crippen molar-refractivity contribution in [2.24, 2.45) is 0 Å². The third-order valence-electron chi connectivity index (χ3n) is 4.84. The molecule has 1 aromatic heterocycles. The molecule has 3 amide bonds. The summed E-state index contributed by atoms with van der Waals surface area (Å²) in [5, 5.41) is 3.29. The van der Waals surface area contributed by atoms with Gasteiger partial charge in [0.2, 0.25) is 11.8 Å². The van der Waals surface area contributed by atoms with Crippen molar-refractivity contribution >= 4 is 29.5 Å². The number of benzene rings is 1. The van der Waals surface area contributed by atoms with E-state index in [4.69, 9.17) is 16.3 Å². The van der Waals surface area contributed by atoms with Crippen LogP contribution >= 0.6 is 11.6 Å². The highest BCUT2D eigenvalue weighted by molar-refractivity contribution is 6.30. The van der Waals surface area contributed by atoms with Crippen molar-refractivity contribution in [3.8, 4) is 5.75 Å². The zero-order chi connectivity index (χ0) is 19.7. The molecular formula is C18H18ClN5O4. The highest BCUT2D eigenvalue weighted by Crippen LogP contribution is 2.20. The van der Waals surface area contributed by atoms with Crippen LogP contribution in [0.25, 0.3) is 0 Å². The number of ether oxygens (including phenoxy) is 1. The molecule has 0 unspecified atom stereocenters. The SMILES string of the molecule is O=C1N[C@@H](Cc2cnc[nH]2)C(=O)N2CCN(C(=O)Oc3ccc(Cl)cc3)C[C@H]12. The van der Waals surface area contributed by atoms with E-state index in [2.05, 4.69) is 15.3 Å². The van der Waals surface area contributed by atoms with Gasteiger partial charge in [-0.15, -0.1) is 0 Å². The topological polar surface area (TPSA) is 108 Å². The van der Waals surface area contributed by atoms with E-state index in [1.807, 2.05) is 0 Å². The lowest BCUT2D eigenvalue weighted by Gasteiger charge is -2.44. The minimum atomic E-state index is -0.725. The average molecular weight is 404 g/mol. The summed E-state index contributed by atoms with van der Waals surface area (Å²) in [6.07, 6.45) is 2.92. The van der Waals surface area contributed by atoms with Gasteiger partial charge < -0.3 is 24.8 Å². The molecule has 0 radical (unpaired) electrons. The Morgan fingerprint density at radius 2 is 2.04 bits per heavy atom. The summed E-state index contributed by atoms with van der Waals surface area (Å²) < 4.78 is 5.32. The number of nitrogens with one attached hydrogen (secondary N) is 2. The fourth-order valence-corrected chi connectivity index (χ4v) is 3.52. The van der Waals surface area contributed by atoms with Crippen LogP contribution in [0.1, 0.15) is 5.69 Å². The Kier molecular flexibility index (Phi) is 4.91. The lowest BCUT2D eigenvalue weighted by molar-refractivity contribution is -0.152. The zero-order valence-corrected chi connectivity index (χ0v) is 15.6. The minimum Gasteiger partial charge on any atom is -0.410 e. The molecule has 2 aliphatic rings. The van der Waals surface area contributed by atoms with Crippen molar-refractivity contribution in [1.29, 1.82) is 0 Å². The summed E-state index contributed by atoms with van der Waals surface area (Å²) in [4.78, 5) is 47.5. The maximum Gasteiger partial charge on any atom is 0.415 e. The van der Waals surface area contributed by atoms with Crippen LogP contribution in [0.5, 0.6) is 5.75 Å². The molecule has 146 valence electrons. The van der Waals surface area contributed by atoms with Gasteiger partial charge in [-0.25, -0.2) is 9.78 Å². The van der Waals surface area contributed by atoms with Crippen molar-refractivity contribution in [2.75, 3.05) is 19.6 Å². The molecule has 0 bridgehead atoms. The molecule has 2 aromatic rings. The van der Waals surface area contributed by atoms with Crippen molar-refractivity contribution in [1.82, 2.24) is 25.1 Å². The zero-order valence-electron chi connectivity index (χ0n) is 14.8. The van der Waals surface area contributed by atoms with Crippen LogP contribution in [-0.4, -0.2) is 69.4 Å². The number of fused-ring (bicyclic) bond motifs is 1. The van der Waals surface area contributed by atoms with Crippen LogP contribution in [-0.2, 0) is 16.0 Å². The van der Waals surface area contributed by atoms with Crippen LogP contribution in [0.15, 0.2) is 36.8 Å². The van der Waals surface area contributed by atoms with E-state index < -0.39 is 18.2 Å². The van der Waals surface area contributed by atoms with Gasteiger partial charge in [0.15, 0.2) is 0 Å². The first kappa shape index (κ1) is 18.3. The molecule has 2 aliphatic heterocycles. The number of piperazine rings is 2. The van der Waals surface area contributed by atoms with E-state index in [9.17, 15) is 14.4 Å². The maximum atomic E-state index is 12.8. The van der Waals surface area contributed by atoms with Gasteiger partial charge in [-0.3, -0.25) is 9.59 Å². The molecule has 2 N–H and O–H groups in total. The molecule has 2 fully saturated rings. The van der Waals surface area contributed by atoms with Crippen molar-refractivity contribution in [3.05, 3.63) is 47.5 Å². The summed E-state index contributed by atoms with van der Waals surface area (Å²) in [6, 6.07) is 5.05. The molecule has 0 spiro atoms.